The van der Waals surface area contributed by atoms with Gasteiger partial charge in [-0.1, -0.05) is 23.2 Å². The number of rotatable bonds is 4. The molecule has 0 saturated carbocycles. The Morgan fingerprint density at radius 3 is 2.37 bits per heavy atom. The fourth-order valence-corrected chi connectivity index (χ4v) is 1.80. The number of ketones is 1. The number of carbonyl (C=O) groups is 2. The SMILES string of the molecule is CC(=O)/C(=C/N(C)C)C(=O)Nc1ccc(Cl)cc1Cl. The van der Waals surface area contributed by atoms with Gasteiger partial charge in [-0.25, -0.2) is 0 Å². The summed E-state index contributed by atoms with van der Waals surface area (Å²) in [7, 11) is 3.46. The Balaban J connectivity index is 2.97. The van der Waals surface area contributed by atoms with Crippen LogP contribution in [0.25, 0.3) is 0 Å². The van der Waals surface area contributed by atoms with E-state index >= 15 is 0 Å². The molecule has 1 amide bonds. The van der Waals surface area contributed by atoms with Crippen molar-refractivity contribution in [1.82, 2.24) is 4.90 Å². The normalized spacial score (nSPS) is 11.1. The first-order valence-electron chi connectivity index (χ1n) is 5.47. The molecule has 1 N–H and O–H groups in total. The molecule has 6 heteroatoms. The molecule has 0 aromatic heterocycles. The predicted molar refractivity (Wildman–Crippen MR) is 77.5 cm³/mol. The van der Waals surface area contributed by atoms with Gasteiger partial charge < -0.3 is 10.2 Å². The molecule has 4 nitrogen and oxygen atoms in total. The van der Waals surface area contributed by atoms with E-state index in [4.69, 9.17) is 23.2 Å². The molecule has 1 aromatic carbocycles. The third-order valence-electron chi connectivity index (χ3n) is 2.19. The molecule has 0 spiro atoms. The molecule has 1 aromatic rings. The lowest BCUT2D eigenvalue weighted by molar-refractivity contribution is -0.119. The molecular weight excluding hydrogens is 287 g/mol. The molecule has 19 heavy (non-hydrogen) atoms. The predicted octanol–water partition coefficient (Wildman–Crippen LogP) is 2.97. The Kier molecular flexibility index (Phi) is 5.39. The summed E-state index contributed by atoms with van der Waals surface area (Å²) >= 11 is 11.7. The number of Topliss-reactive ketones (excluding diaryl/α,β-unsaturated/α-hetero) is 1. The topological polar surface area (TPSA) is 49.4 Å². The average molecular weight is 301 g/mol. The highest BCUT2D eigenvalue weighted by Gasteiger charge is 2.16. The second-order valence-corrected chi connectivity index (χ2v) is 4.98. The van der Waals surface area contributed by atoms with Crippen LogP contribution >= 0.6 is 23.2 Å². The van der Waals surface area contributed by atoms with Gasteiger partial charge in [0, 0.05) is 25.3 Å². The van der Waals surface area contributed by atoms with Crippen LogP contribution in [-0.4, -0.2) is 30.7 Å². The van der Waals surface area contributed by atoms with Crippen molar-refractivity contribution in [2.75, 3.05) is 19.4 Å². The summed E-state index contributed by atoms with van der Waals surface area (Å²) in [5.41, 5.74) is 0.456. The van der Waals surface area contributed by atoms with E-state index in [2.05, 4.69) is 5.32 Å². The van der Waals surface area contributed by atoms with E-state index in [0.717, 1.165) is 0 Å². The van der Waals surface area contributed by atoms with Crippen molar-refractivity contribution >= 4 is 40.6 Å². The second-order valence-electron chi connectivity index (χ2n) is 4.14. The van der Waals surface area contributed by atoms with Crippen LogP contribution < -0.4 is 5.32 Å². The number of hydrogen-bond acceptors (Lipinski definition) is 3. The third-order valence-corrected chi connectivity index (χ3v) is 2.74. The van der Waals surface area contributed by atoms with E-state index in [0.29, 0.717) is 15.7 Å². The number of nitrogens with one attached hydrogen (secondary N) is 1. The highest BCUT2D eigenvalue weighted by molar-refractivity contribution is 6.37. The minimum Gasteiger partial charge on any atom is -0.383 e. The van der Waals surface area contributed by atoms with E-state index in [1.807, 2.05) is 0 Å². The van der Waals surface area contributed by atoms with E-state index in [1.165, 1.54) is 19.2 Å². The Morgan fingerprint density at radius 2 is 1.89 bits per heavy atom. The summed E-state index contributed by atoms with van der Waals surface area (Å²) < 4.78 is 0. The summed E-state index contributed by atoms with van der Waals surface area (Å²) in [6.45, 7) is 1.33. The average Bonchev–Trinajstić information content (AvgIpc) is 2.29. The van der Waals surface area contributed by atoms with Gasteiger partial charge in [-0.2, -0.15) is 0 Å². The van der Waals surface area contributed by atoms with E-state index < -0.39 is 5.91 Å². The number of halogens is 2. The van der Waals surface area contributed by atoms with Crippen LogP contribution in [0.5, 0.6) is 0 Å². The lowest BCUT2D eigenvalue weighted by Gasteiger charge is -2.11. The van der Waals surface area contributed by atoms with E-state index in [-0.39, 0.29) is 11.4 Å². The molecular formula is C13H14Cl2N2O2. The summed E-state index contributed by atoms with van der Waals surface area (Å²) in [6.07, 6.45) is 1.46. The van der Waals surface area contributed by atoms with Crippen LogP contribution in [0, 0.1) is 0 Å². The van der Waals surface area contributed by atoms with E-state index in [1.54, 1.807) is 31.1 Å². The van der Waals surface area contributed by atoms with Crippen LogP contribution in [0.15, 0.2) is 30.0 Å². The Labute approximate surface area is 122 Å². The van der Waals surface area contributed by atoms with Crippen LogP contribution in [0.4, 0.5) is 5.69 Å². The highest BCUT2D eigenvalue weighted by atomic mass is 35.5. The molecule has 0 bridgehead atoms. The van der Waals surface area contributed by atoms with Crippen molar-refractivity contribution in [2.24, 2.45) is 0 Å². The summed E-state index contributed by atoms with van der Waals surface area (Å²) in [6, 6.07) is 4.70. The number of nitrogens with zero attached hydrogens (tertiary/aromatic N) is 1. The van der Waals surface area contributed by atoms with E-state index in [9.17, 15) is 9.59 Å². The molecule has 0 heterocycles. The number of hydrogen-bond donors (Lipinski definition) is 1. The van der Waals surface area contributed by atoms with Gasteiger partial charge in [-0.15, -0.1) is 0 Å². The molecule has 0 fully saturated rings. The Hall–Kier alpha value is -1.52. The standard InChI is InChI=1S/C13H14Cl2N2O2/c1-8(18)10(7-17(2)3)13(19)16-12-5-4-9(14)6-11(12)15/h4-7H,1-3H3,(H,16,19)/b10-7-. The zero-order valence-corrected chi connectivity index (χ0v) is 12.3. The van der Waals surface area contributed by atoms with Crippen molar-refractivity contribution in [3.63, 3.8) is 0 Å². The van der Waals surface area contributed by atoms with Gasteiger partial charge in [-0.05, 0) is 25.1 Å². The number of carbonyl (C=O) groups excluding carboxylic acids is 2. The lowest BCUT2D eigenvalue weighted by atomic mass is 10.2. The van der Waals surface area contributed by atoms with Gasteiger partial charge >= 0.3 is 0 Å². The van der Waals surface area contributed by atoms with Gasteiger partial charge in [0.05, 0.1) is 16.3 Å². The molecule has 0 aliphatic heterocycles. The summed E-state index contributed by atoms with van der Waals surface area (Å²) in [5.74, 6) is -0.832. The highest BCUT2D eigenvalue weighted by Crippen LogP contribution is 2.25. The zero-order valence-electron chi connectivity index (χ0n) is 10.8. The van der Waals surface area contributed by atoms with Crippen LogP contribution in [0.2, 0.25) is 10.0 Å². The van der Waals surface area contributed by atoms with Gasteiger partial charge in [0.15, 0.2) is 5.78 Å². The molecule has 102 valence electrons. The maximum Gasteiger partial charge on any atom is 0.260 e. The second kappa shape index (κ2) is 6.59. The van der Waals surface area contributed by atoms with Crippen LogP contribution in [0.1, 0.15) is 6.92 Å². The Bertz CT molecular complexity index is 539. The third kappa shape index (κ3) is 4.58. The van der Waals surface area contributed by atoms with Crippen molar-refractivity contribution in [3.8, 4) is 0 Å². The smallest absolute Gasteiger partial charge is 0.260 e. The van der Waals surface area contributed by atoms with Gasteiger partial charge in [0.25, 0.3) is 5.91 Å². The quantitative estimate of drug-likeness (QED) is 0.528. The van der Waals surface area contributed by atoms with Gasteiger partial charge in [0.2, 0.25) is 0 Å². The number of anilines is 1. The first kappa shape index (κ1) is 15.5. The fraction of sp³-hybridized carbons (Fsp3) is 0.231. The molecule has 1 rings (SSSR count). The molecule has 0 saturated heterocycles. The largest absolute Gasteiger partial charge is 0.383 e. The van der Waals surface area contributed by atoms with Crippen molar-refractivity contribution < 1.29 is 9.59 Å². The minimum absolute atomic E-state index is 0.0519. The maximum atomic E-state index is 12.0. The molecule has 0 aliphatic rings. The monoisotopic (exact) mass is 300 g/mol. The summed E-state index contributed by atoms with van der Waals surface area (Å²) in [4.78, 5) is 25.1. The van der Waals surface area contributed by atoms with Gasteiger partial charge in [0.1, 0.15) is 0 Å². The molecule has 0 unspecified atom stereocenters. The Morgan fingerprint density at radius 1 is 1.26 bits per heavy atom. The first-order chi connectivity index (χ1) is 8.81. The molecule has 0 radical (unpaired) electrons. The zero-order chi connectivity index (χ0) is 14.6. The van der Waals surface area contributed by atoms with Crippen molar-refractivity contribution in [3.05, 3.63) is 40.0 Å². The number of benzene rings is 1. The van der Waals surface area contributed by atoms with Crippen molar-refractivity contribution in [2.45, 2.75) is 6.92 Å². The minimum atomic E-state index is -0.509. The van der Waals surface area contributed by atoms with Crippen LogP contribution in [-0.2, 0) is 9.59 Å². The lowest BCUT2D eigenvalue weighted by Crippen LogP contribution is -2.21. The fourth-order valence-electron chi connectivity index (χ4n) is 1.35. The first-order valence-corrected chi connectivity index (χ1v) is 6.22. The van der Waals surface area contributed by atoms with Gasteiger partial charge in [-0.3, -0.25) is 9.59 Å². The molecule has 0 aliphatic carbocycles. The number of amides is 1. The van der Waals surface area contributed by atoms with Crippen molar-refractivity contribution in [1.29, 1.82) is 0 Å². The summed E-state index contributed by atoms with van der Waals surface area (Å²) in [5, 5.41) is 3.36. The maximum absolute atomic E-state index is 12.0. The van der Waals surface area contributed by atoms with Crippen LogP contribution in [0.3, 0.4) is 0 Å². The molecule has 0 atom stereocenters.